The molecular weight excluding hydrogens is 176 g/mol. The summed E-state index contributed by atoms with van der Waals surface area (Å²) in [7, 11) is 3.38. The summed E-state index contributed by atoms with van der Waals surface area (Å²) >= 11 is 0. The highest BCUT2D eigenvalue weighted by atomic mass is 28.1. The molecule has 1 nitrogen and oxygen atoms in total. The maximum atomic E-state index is 11.8. The van der Waals surface area contributed by atoms with Crippen LogP contribution in [0, 0.1) is 5.41 Å². The van der Waals surface area contributed by atoms with Crippen molar-refractivity contribution in [1.82, 2.24) is 0 Å². The number of ketones is 1. The molecule has 1 aromatic rings. The van der Waals surface area contributed by atoms with E-state index < -0.39 is 0 Å². The quantitative estimate of drug-likeness (QED) is 0.485. The fourth-order valence-corrected chi connectivity index (χ4v) is 1.22. The molecule has 0 N–H and O–H groups in total. The van der Waals surface area contributed by atoms with Gasteiger partial charge in [0.25, 0.3) is 0 Å². The average molecular weight is 189 g/mol. The van der Waals surface area contributed by atoms with Crippen LogP contribution in [0.25, 0.3) is 0 Å². The number of rotatable bonds is 1. The maximum Gasteiger partial charge on any atom is 0.168 e. The smallest absolute Gasteiger partial charge is 0.168 e. The molecule has 1 aromatic carbocycles. The second-order valence-electron chi connectivity index (χ2n) is 4.16. The normalized spacial score (nSPS) is 11.4. The SMILES string of the molecule is CC(C)(C)C(=O)c1ccc([Si])cc1. The Balaban J connectivity index is 2.97. The van der Waals surface area contributed by atoms with E-state index >= 15 is 0 Å². The number of carbonyl (C=O) groups excluding carboxylic acids is 1. The van der Waals surface area contributed by atoms with Crippen LogP contribution in [0.3, 0.4) is 0 Å². The molecule has 0 aromatic heterocycles. The lowest BCUT2D eigenvalue weighted by atomic mass is 9.87. The zero-order chi connectivity index (χ0) is 10.1. The van der Waals surface area contributed by atoms with Crippen molar-refractivity contribution in [3.8, 4) is 0 Å². The zero-order valence-corrected chi connectivity index (χ0v) is 9.22. The summed E-state index contributed by atoms with van der Waals surface area (Å²) in [6, 6.07) is 7.46. The van der Waals surface area contributed by atoms with Crippen molar-refractivity contribution in [2.75, 3.05) is 0 Å². The van der Waals surface area contributed by atoms with Gasteiger partial charge in [0.05, 0.1) is 10.2 Å². The molecular formula is C11H13OSi. The molecule has 0 atom stereocenters. The molecule has 0 bridgehead atoms. The Morgan fingerprint density at radius 2 is 1.62 bits per heavy atom. The Kier molecular flexibility index (Phi) is 2.71. The van der Waals surface area contributed by atoms with Gasteiger partial charge in [0, 0.05) is 11.0 Å². The van der Waals surface area contributed by atoms with Gasteiger partial charge in [-0.3, -0.25) is 4.79 Å². The first-order valence-corrected chi connectivity index (χ1v) is 4.78. The maximum absolute atomic E-state index is 11.8. The molecule has 2 heteroatoms. The molecule has 13 heavy (non-hydrogen) atoms. The van der Waals surface area contributed by atoms with Gasteiger partial charge < -0.3 is 0 Å². The van der Waals surface area contributed by atoms with Gasteiger partial charge in [0.1, 0.15) is 0 Å². The molecule has 0 heterocycles. The summed E-state index contributed by atoms with van der Waals surface area (Å²) in [5.74, 6) is 0.180. The van der Waals surface area contributed by atoms with Crippen molar-refractivity contribution in [2.24, 2.45) is 5.41 Å². The molecule has 1 rings (SSSR count). The Hall–Kier alpha value is -0.893. The summed E-state index contributed by atoms with van der Waals surface area (Å²) in [4.78, 5) is 11.8. The predicted octanol–water partition coefficient (Wildman–Crippen LogP) is 1.71. The van der Waals surface area contributed by atoms with Crippen molar-refractivity contribution in [1.29, 1.82) is 0 Å². The molecule has 0 saturated heterocycles. The summed E-state index contributed by atoms with van der Waals surface area (Å²) < 4.78 is 0. The van der Waals surface area contributed by atoms with Crippen LogP contribution in [-0.4, -0.2) is 16.0 Å². The molecule has 0 aliphatic rings. The van der Waals surface area contributed by atoms with Crippen LogP contribution in [-0.2, 0) is 0 Å². The second kappa shape index (κ2) is 3.46. The van der Waals surface area contributed by atoms with E-state index in [1.54, 1.807) is 0 Å². The fraction of sp³-hybridized carbons (Fsp3) is 0.364. The van der Waals surface area contributed by atoms with Crippen molar-refractivity contribution in [3.63, 3.8) is 0 Å². The number of hydrogen-bond donors (Lipinski definition) is 0. The largest absolute Gasteiger partial charge is 0.294 e. The lowest BCUT2D eigenvalue weighted by Gasteiger charge is -2.16. The first-order valence-electron chi connectivity index (χ1n) is 4.28. The summed E-state index contributed by atoms with van der Waals surface area (Å²) in [6.07, 6.45) is 0. The standard InChI is InChI=1S/C11H13OSi/c1-11(2,3)10(12)8-4-6-9(13)7-5-8/h4-7H,1-3H3. The summed E-state index contributed by atoms with van der Waals surface area (Å²) in [5, 5.41) is 0.991. The van der Waals surface area contributed by atoms with E-state index in [1.807, 2.05) is 45.0 Å². The van der Waals surface area contributed by atoms with Crippen LogP contribution < -0.4 is 5.19 Å². The third-order valence-corrected chi connectivity index (χ3v) is 2.16. The third-order valence-electron chi connectivity index (χ3n) is 1.83. The molecule has 0 unspecified atom stereocenters. The van der Waals surface area contributed by atoms with E-state index in [9.17, 15) is 4.79 Å². The Bertz CT molecular complexity index is 306. The molecule has 3 radical (unpaired) electrons. The van der Waals surface area contributed by atoms with Crippen molar-refractivity contribution >= 4 is 21.2 Å². The van der Waals surface area contributed by atoms with Crippen LogP contribution in [0.4, 0.5) is 0 Å². The van der Waals surface area contributed by atoms with Gasteiger partial charge in [-0.1, -0.05) is 50.2 Å². The Labute approximate surface area is 82.6 Å². The molecule has 67 valence electrons. The minimum Gasteiger partial charge on any atom is -0.294 e. The van der Waals surface area contributed by atoms with E-state index in [4.69, 9.17) is 0 Å². The van der Waals surface area contributed by atoms with Crippen LogP contribution in [0.15, 0.2) is 24.3 Å². The zero-order valence-electron chi connectivity index (χ0n) is 8.22. The van der Waals surface area contributed by atoms with E-state index in [0.29, 0.717) is 0 Å². The average Bonchev–Trinajstić information content (AvgIpc) is 2.03. The fourth-order valence-electron chi connectivity index (χ4n) is 1.05. The van der Waals surface area contributed by atoms with Gasteiger partial charge in [-0.05, 0) is 0 Å². The van der Waals surface area contributed by atoms with Gasteiger partial charge >= 0.3 is 0 Å². The minimum atomic E-state index is -0.298. The van der Waals surface area contributed by atoms with Gasteiger partial charge in [0.15, 0.2) is 5.78 Å². The molecule has 0 saturated carbocycles. The minimum absolute atomic E-state index is 0.180. The number of benzene rings is 1. The second-order valence-corrected chi connectivity index (χ2v) is 4.73. The lowest BCUT2D eigenvalue weighted by molar-refractivity contribution is 0.0858. The number of Topliss-reactive ketones (excluding diaryl/α,β-unsaturated/α-hetero) is 1. The van der Waals surface area contributed by atoms with E-state index in [-0.39, 0.29) is 11.2 Å². The van der Waals surface area contributed by atoms with E-state index in [0.717, 1.165) is 10.8 Å². The predicted molar refractivity (Wildman–Crippen MR) is 55.6 cm³/mol. The van der Waals surface area contributed by atoms with E-state index in [2.05, 4.69) is 10.2 Å². The van der Waals surface area contributed by atoms with E-state index in [1.165, 1.54) is 0 Å². The number of carbonyl (C=O) groups is 1. The Morgan fingerprint density at radius 1 is 1.15 bits per heavy atom. The van der Waals surface area contributed by atoms with Crippen LogP contribution >= 0.6 is 0 Å². The summed E-state index contributed by atoms with van der Waals surface area (Å²) in [5.41, 5.74) is 0.474. The highest BCUT2D eigenvalue weighted by Gasteiger charge is 2.22. The van der Waals surface area contributed by atoms with Gasteiger partial charge in [0.2, 0.25) is 0 Å². The molecule has 0 aliphatic heterocycles. The first-order chi connectivity index (χ1) is 5.91. The van der Waals surface area contributed by atoms with Crippen LogP contribution in [0.2, 0.25) is 0 Å². The van der Waals surface area contributed by atoms with Gasteiger partial charge in [-0.15, -0.1) is 0 Å². The van der Waals surface area contributed by atoms with Gasteiger partial charge in [-0.25, -0.2) is 0 Å². The van der Waals surface area contributed by atoms with Gasteiger partial charge in [-0.2, -0.15) is 0 Å². The molecule has 0 amide bonds. The monoisotopic (exact) mass is 189 g/mol. The highest BCUT2D eigenvalue weighted by Crippen LogP contribution is 2.19. The first kappa shape index (κ1) is 10.2. The Morgan fingerprint density at radius 3 is 2.00 bits per heavy atom. The van der Waals surface area contributed by atoms with Crippen molar-refractivity contribution in [2.45, 2.75) is 20.8 Å². The van der Waals surface area contributed by atoms with Crippen molar-refractivity contribution in [3.05, 3.63) is 29.8 Å². The third kappa shape index (κ3) is 2.52. The molecule has 0 aliphatic carbocycles. The molecule has 0 fully saturated rings. The lowest BCUT2D eigenvalue weighted by Crippen LogP contribution is -2.20. The summed E-state index contributed by atoms with van der Waals surface area (Å²) in [6.45, 7) is 5.78. The highest BCUT2D eigenvalue weighted by molar-refractivity contribution is 6.32. The van der Waals surface area contributed by atoms with Crippen molar-refractivity contribution < 1.29 is 4.79 Å². The van der Waals surface area contributed by atoms with Crippen LogP contribution in [0.5, 0.6) is 0 Å². The van der Waals surface area contributed by atoms with Crippen LogP contribution in [0.1, 0.15) is 31.1 Å². The number of hydrogen-bond acceptors (Lipinski definition) is 1. The topological polar surface area (TPSA) is 17.1 Å². The molecule has 0 spiro atoms.